The molecule has 1 aromatic carbocycles. The Morgan fingerprint density at radius 3 is 3.00 bits per heavy atom. The number of aromatic nitrogens is 3. The molecular weight excluding hydrogens is 352 g/mol. The molecule has 27 heavy (non-hydrogen) atoms. The molecule has 5 heteroatoms. The Labute approximate surface area is 162 Å². The van der Waals surface area contributed by atoms with Gasteiger partial charge in [0.1, 0.15) is 0 Å². The summed E-state index contributed by atoms with van der Waals surface area (Å²) >= 11 is 1.70. The lowest BCUT2D eigenvalue weighted by Crippen LogP contribution is -2.33. The van der Waals surface area contributed by atoms with Crippen molar-refractivity contribution in [3.8, 4) is 11.3 Å². The molecule has 4 aromatic rings. The number of benzene rings is 1. The van der Waals surface area contributed by atoms with Crippen LogP contribution in [-0.2, 0) is 13.0 Å². The van der Waals surface area contributed by atoms with E-state index in [2.05, 4.69) is 58.2 Å². The Morgan fingerprint density at radius 2 is 2.11 bits per heavy atom. The average molecular weight is 372 g/mol. The van der Waals surface area contributed by atoms with E-state index in [1.54, 1.807) is 17.5 Å². The van der Waals surface area contributed by atoms with Gasteiger partial charge in [-0.1, -0.05) is 12.1 Å². The number of fused-ring (bicyclic) bond motifs is 2. The van der Waals surface area contributed by atoms with Crippen LogP contribution in [0.1, 0.15) is 29.8 Å². The van der Waals surface area contributed by atoms with Gasteiger partial charge in [0.25, 0.3) is 0 Å². The zero-order chi connectivity index (χ0) is 18.2. The monoisotopic (exact) mass is 372 g/mol. The van der Waals surface area contributed by atoms with Crippen LogP contribution in [0.3, 0.4) is 0 Å². The molecule has 0 fully saturated rings. The summed E-state index contributed by atoms with van der Waals surface area (Å²) in [6.07, 6.45) is 4.65. The van der Waals surface area contributed by atoms with Crippen molar-refractivity contribution in [2.45, 2.75) is 25.9 Å². The second kappa shape index (κ2) is 6.83. The summed E-state index contributed by atoms with van der Waals surface area (Å²) in [6.45, 7) is 4.24. The molecule has 3 aromatic heterocycles. The van der Waals surface area contributed by atoms with Crippen molar-refractivity contribution >= 4 is 21.6 Å². The highest BCUT2D eigenvalue weighted by atomic mass is 32.1. The van der Waals surface area contributed by atoms with Crippen LogP contribution in [0.25, 0.3) is 21.5 Å². The molecule has 4 nitrogen and oxygen atoms in total. The summed E-state index contributed by atoms with van der Waals surface area (Å²) in [4.78, 5) is 16.1. The van der Waals surface area contributed by atoms with Gasteiger partial charge in [0.05, 0.1) is 21.4 Å². The number of thiazole rings is 1. The van der Waals surface area contributed by atoms with E-state index in [0.717, 1.165) is 36.3 Å². The molecule has 0 spiro atoms. The first-order chi connectivity index (χ1) is 13.3. The maximum absolute atomic E-state index is 4.91. The first-order valence-electron chi connectivity index (χ1n) is 9.24. The third kappa shape index (κ3) is 3.13. The minimum absolute atomic E-state index is 0.363. The summed E-state index contributed by atoms with van der Waals surface area (Å²) in [6, 6.07) is 15.4. The predicted molar refractivity (Wildman–Crippen MR) is 110 cm³/mol. The van der Waals surface area contributed by atoms with Gasteiger partial charge in [0.15, 0.2) is 0 Å². The maximum atomic E-state index is 4.91. The van der Waals surface area contributed by atoms with E-state index >= 15 is 0 Å². The number of nitrogens with zero attached hydrogens (tertiary/aromatic N) is 4. The van der Waals surface area contributed by atoms with Gasteiger partial charge in [-0.05, 0) is 48.4 Å². The number of hydrogen-bond acceptors (Lipinski definition) is 5. The smallest absolute Gasteiger partial charge is 0.0815 e. The third-order valence-electron chi connectivity index (χ3n) is 5.42. The van der Waals surface area contributed by atoms with Crippen molar-refractivity contribution in [3.63, 3.8) is 0 Å². The van der Waals surface area contributed by atoms with Crippen LogP contribution < -0.4 is 0 Å². The zero-order valence-corrected chi connectivity index (χ0v) is 16.0. The predicted octanol–water partition coefficient (Wildman–Crippen LogP) is 4.87. The van der Waals surface area contributed by atoms with Gasteiger partial charge in [-0.3, -0.25) is 14.9 Å². The molecule has 5 rings (SSSR count). The van der Waals surface area contributed by atoms with Crippen LogP contribution in [-0.4, -0.2) is 26.4 Å². The SMILES string of the molecule is CC(c1ccc2scnc2c1)N1CCc2nc(-c3cccnc3)ccc2C1. The van der Waals surface area contributed by atoms with E-state index in [4.69, 9.17) is 4.98 Å². The van der Waals surface area contributed by atoms with Gasteiger partial charge >= 0.3 is 0 Å². The molecule has 134 valence electrons. The molecule has 0 saturated carbocycles. The van der Waals surface area contributed by atoms with Crippen molar-refractivity contribution in [1.29, 1.82) is 0 Å². The number of pyridine rings is 2. The number of hydrogen-bond donors (Lipinski definition) is 0. The van der Waals surface area contributed by atoms with E-state index < -0.39 is 0 Å². The minimum Gasteiger partial charge on any atom is -0.292 e. The second-order valence-electron chi connectivity index (χ2n) is 7.02. The lowest BCUT2D eigenvalue weighted by atomic mass is 9.99. The summed E-state index contributed by atoms with van der Waals surface area (Å²) in [5, 5.41) is 0. The summed E-state index contributed by atoms with van der Waals surface area (Å²) in [7, 11) is 0. The second-order valence-corrected chi connectivity index (χ2v) is 7.91. The van der Waals surface area contributed by atoms with Crippen molar-refractivity contribution < 1.29 is 0 Å². The van der Waals surface area contributed by atoms with Crippen molar-refractivity contribution in [2.75, 3.05) is 6.54 Å². The van der Waals surface area contributed by atoms with Crippen LogP contribution in [0.5, 0.6) is 0 Å². The standard InChI is InChI=1S/C22H20N4S/c1-15(16-5-7-22-21(11-16)24-14-27-22)26-10-8-20-18(13-26)4-6-19(25-20)17-3-2-9-23-12-17/h2-7,9,11-12,14-15H,8,10,13H2,1H3. The van der Waals surface area contributed by atoms with Crippen LogP contribution in [0.2, 0.25) is 0 Å². The molecule has 0 bridgehead atoms. The van der Waals surface area contributed by atoms with E-state index in [-0.39, 0.29) is 0 Å². The van der Waals surface area contributed by atoms with Crippen LogP contribution in [0.15, 0.2) is 60.4 Å². The molecule has 0 radical (unpaired) electrons. The fourth-order valence-electron chi connectivity index (χ4n) is 3.79. The third-order valence-corrected chi connectivity index (χ3v) is 6.23. The Kier molecular flexibility index (Phi) is 4.19. The normalized spacial score (nSPS) is 15.6. The Morgan fingerprint density at radius 1 is 1.15 bits per heavy atom. The van der Waals surface area contributed by atoms with Gasteiger partial charge in [-0.25, -0.2) is 4.98 Å². The quantitative estimate of drug-likeness (QED) is 0.514. The summed E-state index contributed by atoms with van der Waals surface area (Å²) in [5.74, 6) is 0. The van der Waals surface area contributed by atoms with Crippen LogP contribution in [0, 0.1) is 0 Å². The van der Waals surface area contributed by atoms with E-state index in [9.17, 15) is 0 Å². The van der Waals surface area contributed by atoms with Gasteiger partial charge in [-0.15, -0.1) is 11.3 Å². The highest BCUT2D eigenvalue weighted by Gasteiger charge is 2.23. The molecule has 0 N–H and O–H groups in total. The lowest BCUT2D eigenvalue weighted by Gasteiger charge is -2.33. The summed E-state index contributed by atoms with van der Waals surface area (Å²) < 4.78 is 1.25. The van der Waals surface area contributed by atoms with Crippen molar-refractivity contribution in [2.24, 2.45) is 0 Å². The van der Waals surface area contributed by atoms with E-state index in [1.165, 1.54) is 21.5 Å². The van der Waals surface area contributed by atoms with Crippen molar-refractivity contribution in [3.05, 3.63) is 77.2 Å². The largest absolute Gasteiger partial charge is 0.292 e. The average Bonchev–Trinajstić information content (AvgIpc) is 3.21. The maximum Gasteiger partial charge on any atom is 0.0815 e. The first kappa shape index (κ1) is 16.5. The Balaban J connectivity index is 1.39. The molecule has 1 aliphatic heterocycles. The van der Waals surface area contributed by atoms with Gasteiger partial charge in [0.2, 0.25) is 0 Å². The molecule has 0 aliphatic carbocycles. The minimum atomic E-state index is 0.363. The Hall–Kier alpha value is -2.63. The molecule has 4 heterocycles. The molecule has 0 amide bonds. The molecule has 1 aliphatic rings. The first-order valence-corrected chi connectivity index (χ1v) is 10.1. The van der Waals surface area contributed by atoms with Crippen LogP contribution >= 0.6 is 11.3 Å². The zero-order valence-electron chi connectivity index (χ0n) is 15.2. The molecule has 1 unspecified atom stereocenters. The van der Waals surface area contributed by atoms with Gasteiger partial charge in [0, 0.05) is 49.2 Å². The topological polar surface area (TPSA) is 41.9 Å². The van der Waals surface area contributed by atoms with E-state index in [0.29, 0.717) is 6.04 Å². The van der Waals surface area contributed by atoms with Gasteiger partial charge < -0.3 is 0 Å². The van der Waals surface area contributed by atoms with Gasteiger partial charge in [-0.2, -0.15) is 0 Å². The Bertz CT molecular complexity index is 1090. The highest BCUT2D eigenvalue weighted by Crippen LogP contribution is 2.30. The number of rotatable bonds is 3. The fourth-order valence-corrected chi connectivity index (χ4v) is 4.45. The lowest BCUT2D eigenvalue weighted by molar-refractivity contribution is 0.191. The fraction of sp³-hybridized carbons (Fsp3) is 0.227. The molecule has 1 atom stereocenters. The van der Waals surface area contributed by atoms with E-state index in [1.807, 2.05) is 17.8 Å². The van der Waals surface area contributed by atoms with Crippen molar-refractivity contribution in [1.82, 2.24) is 19.9 Å². The van der Waals surface area contributed by atoms with Crippen LogP contribution in [0.4, 0.5) is 0 Å². The molecular formula is C22H20N4S. The molecule has 0 saturated heterocycles. The highest BCUT2D eigenvalue weighted by molar-refractivity contribution is 7.16. The summed E-state index contributed by atoms with van der Waals surface area (Å²) in [5.41, 5.74) is 8.98.